The van der Waals surface area contributed by atoms with Crippen molar-refractivity contribution in [3.05, 3.63) is 144 Å². The lowest BCUT2D eigenvalue weighted by atomic mass is 10.2. The Balaban J connectivity index is 1.06. The Morgan fingerprint density at radius 1 is 0.787 bits per heavy atom. The summed E-state index contributed by atoms with van der Waals surface area (Å²) in [6.07, 6.45) is 4.79. The Bertz CT molecular complexity index is 2010. The molecule has 1 unspecified atom stereocenters. The summed E-state index contributed by atoms with van der Waals surface area (Å²) in [5, 5.41) is 8.11. The summed E-state index contributed by atoms with van der Waals surface area (Å²) < 4.78 is 5.83. The molecule has 0 radical (unpaired) electrons. The summed E-state index contributed by atoms with van der Waals surface area (Å²) in [5.41, 5.74) is 4.66. The first kappa shape index (κ1) is 31.0. The van der Waals surface area contributed by atoms with Crippen LogP contribution in [0.25, 0.3) is 28.6 Å². The van der Waals surface area contributed by atoms with Crippen LogP contribution in [-0.4, -0.2) is 32.9 Å². The monoisotopic (exact) mass is 639 g/mol. The molecular weight excluding hydrogens is 611 g/mol. The van der Waals surface area contributed by atoms with Crippen LogP contribution < -0.4 is 16.0 Å². The number of carbonyl (C=O) groups is 3. The number of oxazole rings is 1. The highest BCUT2D eigenvalue weighted by molar-refractivity contribution is 8.00. The van der Waals surface area contributed by atoms with E-state index in [4.69, 9.17) is 4.42 Å². The van der Waals surface area contributed by atoms with E-state index in [1.54, 1.807) is 67.0 Å². The van der Waals surface area contributed by atoms with Crippen LogP contribution in [0.1, 0.15) is 22.8 Å². The van der Waals surface area contributed by atoms with Crippen molar-refractivity contribution in [3.8, 4) is 11.5 Å². The van der Waals surface area contributed by atoms with E-state index < -0.39 is 17.1 Å². The average Bonchev–Trinajstić information content (AvgIpc) is 3.54. The van der Waals surface area contributed by atoms with Crippen molar-refractivity contribution in [3.63, 3.8) is 0 Å². The molecule has 0 aliphatic rings. The summed E-state index contributed by atoms with van der Waals surface area (Å²) in [6, 6.07) is 34.3. The van der Waals surface area contributed by atoms with Crippen LogP contribution in [0.15, 0.2) is 143 Å². The summed E-state index contributed by atoms with van der Waals surface area (Å²) in [6.45, 7) is 1.83. The minimum atomic E-state index is -0.492. The van der Waals surface area contributed by atoms with Gasteiger partial charge in [0, 0.05) is 39.8 Å². The number of anilines is 2. The van der Waals surface area contributed by atoms with E-state index in [1.165, 1.54) is 11.8 Å². The molecule has 6 aromatic rings. The van der Waals surface area contributed by atoms with Crippen molar-refractivity contribution in [2.45, 2.75) is 17.1 Å². The fraction of sp³-hybridized carbons (Fsp3) is 0.0541. The Hall–Kier alpha value is -6.00. The van der Waals surface area contributed by atoms with E-state index in [0.29, 0.717) is 28.4 Å². The topological polar surface area (TPSA) is 126 Å². The average molecular weight is 640 g/mol. The zero-order chi connectivity index (χ0) is 32.6. The Kier molecular flexibility index (Phi) is 9.50. The maximum absolute atomic E-state index is 13.3. The maximum Gasteiger partial charge on any atom is 0.272 e. The predicted molar refractivity (Wildman–Crippen MR) is 185 cm³/mol. The van der Waals surface area contributed by atoms with Crippen molar-refractivity contribution < 1.29 is 18.8 Å². The van der Waals surface area contributed by atoms with Crippen LogP contribution in [0.5, 0.6) is 0 Å². The number of benzene rings is 4. The van der Waals surface area contributed by atoms with Gasteiger partial charge in [-0.15, -0.1) is 11.8 Å². The summed E-state index contributed by atoms with van der Waals surface area (Å²) in [4.78, 5) is 48.5. The standard InChI is InChI=1S/C37H29N5O4S/c1-24(34(43)39-28-15-13-27(14-16-28)37-42-31-11-5-6-12-33(31)46-37)47-30-19-17-29(18-20-30)40-36(45)32(22-25-8-7-21-38-23-25)41-35(44)26-9-3-2-4-10-26/h2-24H,1H3,(H,39,43)(H,40,45)(H,41,44)/b32-22-. The van der Waals surface area contributed by atoms with E-state index in [0.717, 1.165) is 21.6 Å². The van der Waals surface area contributed by atoms with Gasteiger partial charge in [0.05, 0.1) is 5.25 Å². The summed E-state index contributed by atoms with van der Waals surface area (Å²) in [5.74, 6) is -0.533. The second kappa shape index (κ2) is 14.4. The Labute approximate surface area is 275 Å². The van der Waals surface area contributed by atoms with Crippen LogP contribution in [0.2, 0.25) is 0 Å². The molecule has 0 aliphatic carbocycles. The van der Waals surface area contributed by atoms with E-state index in [1.807, 2.05) is 73.7 Å². The van der Waals surface area contributed by atoms with Gasteiger partial charge in [0.2, 0.25) is 11.8 Å². The molecule has 47 heavy (non-hydrogen) atoms. The number of hydrogen-bond donors (Lipinski definition) is 3. The van der Waals surface area contributed by atoms with Crippen LogP contribution >= 0.6 is 11.8 Å². The van der Waals surface area contributed by atoms with E-state index >= 15 is 0 Å². The first-order valence-corrected chi connectivity index (χ1v) is 15.6. The van der Waals surface area contributed by atoms with Crippen LogP contribution in [0, 0.1) is 0 Å². The van der Waals surface area contributed by atoms with Crippen molar-refractivity contribution >= 4 is 58.0 Å². The molecule has 2 aromatic heterocycles. The van der Waals surface area contributed by atoms with E-state index in [9.17, 15) is 14.4 Å². The SMILES string of the molecule is CC(Sc1ccc(NC(=O)/C(=C/c2cccnc2)NC(=O)c2ccccc2)cc1)C(=O)Nc1ccc(-c2nc3ccccc3o2)cc1. The number of fused-ring (bicyclic) bond motifs is 1. The molecule has 10 heteroatoms. The van der Waals surface area contributed by atoms with E-state index in [-0.39, 0.29) is 11.6 Å². The second-order valence-electron chi connectivity index (χ2n) is 10.5. The second-order valence-corrected chi connectivity index (χ2v) is 11.9. The number of nitrogens with one attached hydrogen (secondary N) is 3. The largest absolute Gasteiger partial charge is 0.436 e. The Morgan fingerprint density at radius 3 is 2.21 bits per heavy atom. The minimum absolute atomic E-state index is 0.0671. The summed E-state index contributed by atoms with van der Waals surface area (Å²) >= 11 is 1.39. The molecule has 4 aromatic carbocycles. The third-order valence-corrected chi connectivity index (χ3v) is 8.12. The number of amides is 3. The predicted octanol–water partition coefficient (Wildman–Crippen LogP) is 7.42. The molecule has 2 heterocycles. The molecule has 6 rings (SSSR count). The van der Waals surface area contributed by atoms with Gasteiger partial charge in [-0.3, -0.25) is 19.4 Å². The molecule has 0 saturated carbocycles. The van der Waals surface area contributed by atoms with Gasteiger partial charge in [0.1, 0.15) is 11.2 Å². The van der Waals surface area contributed by atoms with Crippen molar-refractivity contribution in [1.29, 1.82) is 0 Å². The smallest absolute Gasteiger partial charge is 0.272 e. The fourth-order valence-electron chi connectivity index (χ4n) is 4.58. The third-order valence-electron chi connectivity index (χ3n) is 7.01. The molecule has 3 amide bonds. The molecule has 0 bridgehead atoms. The van der Waals surface area contributed by atoms with Crippen LogP contribution in [-0.2, 0) is 9.59 Å². The minimum Gasteiger partial charge on any atom is -0.436 e. The van der Waals surface area contributed by atoms with Crippen molar-refractivity contribution in [1.82, 2.24) is 15.3 Å². The number of carbonyl (C=O) groups excluding carboxylic acids is 3. The van der Waals surface area contributed by atoms with Gasteiger partial charge in [0.25, 0.3) is 11.8 Å². The van der Waals surface area contributed by atoms with Gasteiger partial charge in [-0.1, -0.05) is 36.4 Å². The highest BCUT2D eigenvalue weighted by Gasteiger charge is 2.17. The van der Waals surface area contributed by atoms with Gasteiger partial charge in [-0.05, 0) is 97.4 Å². The van der Waals surface area contributed by atoms with Gasteiger partial charge in [0.15, 0.2) is 5.58 Å². The fourth-order valence-corrected chi connectivity index (χ4v) is 5.45. The molecule has 0 fully saturated rings. The molecule has 0 spiro atoms. The number of pyridine rings is 1. The lowest BCUT2D eigenvalue weighted by Crippen LogP contribution is -2.30. The molecule has 9 nitrogen and oxygen atoms in total. The van der Waals surface area contributed by atoms with Gasteiger partial charge in [-0.2, -0.15) is 0 Å². The molecule has 232 valence electrons. The number of nitrogens with zero attached hydrogens (tertiary/aromatic N) is 2. The molecule has 3 N–H and O–H groups in total. The highest BCUT2D eigenvalue weighted by atomic mass is 32.2. The molecule has 1 atom stereocenters. The number of para-hydroxylation sites is 2. The number of rotatable bonds is 10. The van der Waals surface area contributed by atoms with Crippen LogP contribution in [0.3, 0.4) is 0 Å². The third kappa shape index (κ3) is 7.99. The molecule has 0 saturated heterocycles. The Morgan fingerprint density at radius 2 is 1.49 bits per heavy atom. The maximum atomic E-state index is 13.3. The summed E-state index contributed by atoms with van der Waals surface area (Å²) in [7, 11) is 0. The van der Waals surface area contributed by atoms with Gasteiger partial charge >= 0.3 is 0 Å². The quantitative estimate of drug-likeness (QED) is 0.105. The number of aromatic nitrogens is 2. The lowest BCUT2D eigenvalue weighted by molar-refractivity contribution is -0.115. The van der Waals surface area contributed by atoms with Crippen molar-refractivity contribution in [2.24, 2.45) is 0 Å². The van der Waals surface area contributed by atoms with Gasteiger partial charge < -0.3 is 20.4 Å². The zero-order valence-corrected chi connectivity index (χ0v) is 26.0. The van der Waals surface area contributed by atoms with E-state index in [2.05, 4.69) is 25.9 Å². The first-order chi connectivity index (χ1) is 22.9. The highest BCUT2D eigenvalue weighted by Crippen LogP contribution is 2.28. The lowest BCUT2D eigenvalue weighted by Gasteiger charge is -2.14. The first-order valence-electron chi connectivity index (χ1n) is 14.7. The van der Waals surface area contributed by atoms with Gasteiger partial charge in [-0.25, -0.2) is 4.98 Å². The van der Waals surface area contributed by atoms with Crippen molar-refractivity contribution in [2.75, 3.05) is 10.6 Å². The molecule has 0 aliphatic heterocycles. The number of hydrogen-bond acceptors (Lipinski definition) is 7. The molecular formula is C37H29N5O4S. The van der Waals surface area contributed by atoms with Crippen LogP contribution in [0.4, 0.5) is 11.4 Å². The normalized spacial score (nSPS) is 11.9. The number of thioether (sulfide) groups is 1. The zero-order valence-electron chi connectivity index (χ0n) is 25.2.